The molecule has 0 aromatic heterocycles. The number of allylic oxidation sites excluding steroid dienone is 2. The molecule has 1 saturated carbocycles. The summed E-state index contributed by atoms with van der Waals surface area (Å²) in [4.78, 5) is 12.0. The van der Waals surface area contributed by atoms with Crippen LogP contribution in [-0.4, -0.2) is 5.78 Å². The maximum atomic E-state index is 12.0. The molecular weight excluding hydrogens is 196 g/mol. The highest BCUT2D eigenvalue weighted by atomic mass is 16.1. The summed E-state index contributed by atoms with van der Waals surface area (Å²) in [6.45, 7) is 9.11. The summed E-state index contributed by atoms with van der Waals surface area (Å²) >= 11 is 0. The van der Waals surface area contributed by atoms with Gasteiger partial charge in [-0.05, 0) is 43.4 Å². The molecule has 0 N–H and O–H groups in total. The maximum Gasteiger partial charge on any atom is 0.136 e. The highest BCUT2D eigenvalue weighted by Gasteiger charge is 2.42. The van der Waals surface area contributed by atoms with Gasteiger partial charge < -0.3 is 0 Å². The fourth-order valence-electron chi connectivity index (χ4n) is 3.61. The molecule has 0 saturated heterocycles. The predicted molar refractivity (Wildman–Crippen MR) is 67.2 cm³/mol. The monoisotopic (exact) mass is 220 g/mol. The van der Waals surface area contributed by atoms with Crippen molar-refractivity contribution in [3.63, 3.8) is 0 Å². The number of carbonyl (C=O) groups is 1. The van der Waals surface area contributed by atoms with Crippen molar-refractivity contribution in [2.24, 2.45) is 23.2 Å². The number of Topliss-reactive ketones (excluding diaryl/α,β-unsaturated/α-hetero) is 1. The minimum atomic E-state index is 0.284. The molecule has 0 amide bonds. The standard InChI is InChI=1S/C15H24O/c1-10-5-7-12-9-14(16)11(2)6-8-13(10)15(12,3)4/h5,11-13H,6-9H2,1-4H3/t11?,12-,13-/m0/s1. The Morgan fingerprint density at radius 3 is 2.69 bits per heavy atom. The van der Waals surface area contributed by atoms with Gasteiger partial charge in [-0.3, -0.25) is 4.79 Å². The summed E-state index contributed by atoms with van der Waals surface area (Å²) in [5, 5.41) is 0. The lowest BCUT2D eigenvalue weighted by Crippen LogP contribution is -2.40. The first kappa shape index (κ1) is 11.9. The molecule has 3 atom stereocenters. The predicted octanol–water partition coefficient (Wildman–Crippen LogP) is 3.98. The normalized spacial score (nSPS) is 38.6. The van der Waals surface area contributed by atoms with E-state index in [2.05, 4.69) is 33.8 Å². The van der Waals surface area contributed by atoms with E-state index >= 15 is 0 Å². The van der Waals surface area contributed by atoms with Gasteiger partial charge in [0.05, 0.1) is 0 Å². The van der Waals surface area contributed by atoms with Crippen LogP contribution in [-0.2, 0) is 4.79 Å². The van der Waals surface area contributed by atoms with Crippen LogP contribution in [0.25, 0.3) is 0 Å². The molecule has 2 aliphatic carbocycles. The van der Waals surface area contributed by atoms with Gasteiger partial charge in [0.1, 0.15) is 5.78 Å². The SMILES string of the molecule is CC1=CC[C@H]2CC(=O)C(C)CC[C@@H]1C2(C)C. The van der Waals surface area contributed by atoms with E-state index in [1.54, 1.807) is 5.57 Å². The van der Waals surface area contributed by atoms with E-state index in [1.165, 1.54) is 6.42 Å². The van der Waals surface area contributed by atoms with Crippen molar-refractivity contribution >= 4 is 5.78 Å². The van der Waals surface area contributed by atoms with Gasteiger partial charge in [-0.15, -0.1) is 0 Å². The van der Waals surface area contributed by atoms with Gasteiger partial charge in [-0.1, -0.05) is 32.4 Å². The Balaban J connectivity index is 2.32. The molecule has 1 nitrogen and oxygen atoms in total. The minimum Gasteiger partial charge on any atom is -0.299 e. The third kappa shape index (κ3) is 1.85. The van der Waals surface area contributed by atoms with Crippen LogP contribution in [0.3, 0.4) is 0 Å². The molecule has 1 heteroatoms. The second kappa shape index (κ2) is 4.01. The van der Waals surface area contributed by atoms with Crippen molar-refractivity contribution in [2.75, 3.05) is 0 Å². The Kier molecular flexibility index (Phi) is 2.98. The van der Waals surface area contributed by atoms with Crippen LogP contribution in [0, 0.1) is 23.2 Å². The Hall–Kier alpha value is -0.590. The summed E-state index contributed by atoms with van der Waals surface area (Å²) in [7, 11) is 0. The van der Waals surface area contributed by atoms with Crippen molar-refractivity contribution in [3.8, 4) is 0 Å². The third-order valence-corrected chi connectivity index (χ3v) is 5.11. The first-order valence-electron chi connectivity index (χ1n) is 6.62. The molecule has 90 valence electrons. The zero-order chi connectivity index (χ0) is 11.9. The fourth-order valence-corrected chi connectivity index (χ4v) is 3.61. The molecule has 2 aliphatic rings. The lowest BCUT2D eigenvalue weighted by molar-refractivity contribution is -0.126. The minimum absolute atomic E-state index is 0.284. The van der Waals surface area contributed by atoms with Gasteiger partial charge in [0.2, 0.25) is 0 Å². The van der Waals surface area contributed by atoms with Gasteiger partial charge in [-0.2, -0.15) is 0 Å². The molecule has 0 aromatic rings. The number of fused-ring (bicyclic) bond motifs is 2. The van der Waals surface area contributed by atoms with Crippen molar-refractivity contribution in [2.45, 2.75) is 53.4 Å². The highest BCUT2D eigenvalue weighted by Crippen LogP contribution is 2.50. The molecule has 0 aliphatic heterocycles. The largest absolute Gasteiger partial charge is 0.299 e. The highest BCUT2D eigenvalue weighted by molar-refractivity contribution is 5.81. The quantitative estimate of drug-likeness (QED) is 0.564. The average molecular weight is 220 g/mol. The van der Waals surface area contributed by atoms with Crippen LogP contribution >= 0.6 is 0 Å². The van der Waals surface area contributed by atoms with Crippen LogP contribution in [0.15, 0.2) is 11.6 Å². The molecule has 16 heavy (non-hydrogen) atoms. The molecule has 0 spiro atoms. The number of hydrogen-bond donors (Lipinski definition) is 0. The second-order valence-electron chi connectivity index (χ2n) is 6.40. The van der Waals surface area contributed by atoms with Crippen LogP contribution < -0.4 is 0 Å². The van der Waals surface area contributed by atoms with Crippen molar-refractivity contribution in [1.82, 2.24) is 0 Å². The lowest BCUT2D eigenvalue weighted by atomic mass is 9.58. The van der Waals surface area contributed by atoms with E-state index in [0.29, 0.717) is 23.0 Å². The van der Waals surface area contributed by atoms with Crippen LogP contribution in [0.4, 0.5) is 0 Å². The zero-order valence-electron chi connectivity index (χ0n) is 11.0. The van der Waals surface area contributed by atoms with Crippen molar-refractivity contribution in [3.05, 3.63) is 11.6 Å². The van der Waals surface area contributed by atoms with Gasteiger partial charge in [0.15, 0.2) is 0 Å². The van der Waals surface area contributed by atoms with Crippen LogP contribution in [0.2, 0.25) is 0 Å². The van der Waals surface area contributed by atoms with Gasteiger partial charge in [0.25, 0.3) is 0 Å². The number of ketones is 1. The smallest absolute Gasteiger partial charge is 0.136 e. The van der Waals surface area contributed by atoms with E-state index in [-0.39, 0.29) is 5.92 Å². The van der Waals surface area contributed by atoms with E-state index in [9.17, 15) is 4.79 Å². The molecule has 2 rings (SSSR count). The number of hydrogen-bond acceptors (Lipinski definition) is 1. The topological polar surface area (TPSA) is 17.1 Å². The third-order valence-electron chi connectivity index (χ3n) is 5.11. The summed E-state index contributed by atoms with van der Waals surface area (Å²) < 4.78 is 0. The molecule has 1 fully saturated rings. The number of rotatable bonds is 0. The summed E-state index contributed by atoms with van der Waals surface area (Å²) in [5.41, 5.74) is 1.87. The first-order chi connectivity index (χ1) is 7.43. The van der Waals surface area contributed by atoms with E-state index in [4.69, 9.17) is 0 Å². The summed E-state index contributed by atoms with van der Waals surface area (Å²) in [5.74, 6) is 2.04. The van der Waals surface area contributed by atoms with Crippen LogP contribution in [0.1, 0.15) is 53.4 Å². The van der Waals surface area contributed by atoms with Crippen LogP contribution in [0.5, 0.6) is 0 Å². The van der Waals surface area contributed by atoms with Gasteiger partial charge in [0, 0.05) is 12.3 Å². The molecular formula is C15H24O. The van der Waals surface area contributed by atoms with Crippen molar-refractivity contribution in [1.29, 1.82) is 0 Å². The zero-order valence-corrected chi connectivity index (χ0v) is 11.0. The molecule has 0 aromatic carbocycles. The van der Waals surface area contributed by atoms with E-state index in [1.807, 2.05) is 0 Å². The maximum absolute atomic E-state index is 12.0. The van der Waals surface area contributed by atoms with Gasteiger partial charge in [-0.25, -0.2) is 0 Å². The van der Waals surface area contributed by atoms with Gasteiger partial charge >= 0.3 is 0 Å². The molecule has 0 heterocycles. The lowest BCUT2D eigenvalue weighted by Gasteiger charge is -2.46. The Bertz CT molecular complexity index is 324. The van der Waals surface area contributed by atoms with Crippen molar-refractivity contribution < 1.29 is 4.79 Å². The Morgan fingerprint density at radius 2 is 2.00 bits per heavy atom. The van der Waals surface area contributed by atoms with E-state index in [0.717, 1.165) is 19.3 Å². The summed E-state index contributed by atoms with van der Waals surface area (Å²) in [6, 6.07) is 0. The Labute approximate surface area is 99.3 Å². The fraction of sp³-hybridized carbons (Fsp3) is 0.800. The Morgan fingerprint density at radius 1 is 1.31 bits per heavy atom. The number of carbonyl (C=O) groups excluding carboxylic acids is 1. The molecule has 0 radical (unpaired) electrons. The average Bonchev–Trinajstić information content (AvgIpc) is 2.20. The first-order valence-corrected chi connectivity index (χ1v) is 6.62. The molecule has 2 bridgehead atoms. The molecule has 1 unspecified atom stereocenters. The summed E-state index contributed by atoms with van der Waals surface area (Å²) in [6.07, 6.45) is 6.55. The second-order valence-corrected chi connectivity index (χ2v) is 6.40. The van der Waals surface area contributed by atoms with E-state index < -0.39 is 0 Å².